The molecule has 0 saturated carbocycles. The Hall–Kier alpha value is -4.76. The highest BCUT2D eigenvalue weighted by atomic mass is 32.2. The number of carbonyl (C=O) groups excluding carboxylic acids is 2. The van der Waals surface area contributed by atoms with Crippen molar-refractivity contribution in [2.45, 2.75) is 59.5 Å². The van der Waals surface area contributed by atoms with Crippen molar-refractivity contribution in [1.82, 2.24) is 19.9 Å². The predicted molar refractivity (Wildman–Crippen MR) is 188 cm³/mol. The Kier molecular flexibility index (Phi) is 10.9. The zero-order valence-corrected chi connectivity index (χ0v) is 28.0. The lowest BCUT2D eigenvalue weighted by atomic mass is 9.98. The number of carboxylic acids is 1. The van der Waals surface area contributed by atoms with Gasteiger partial charge >= 0.3 is 5.97 Å². The van der Waals surface area contributed by atoms with Crippen LogP contribution in [-0.4, -0.2) is 48.4 Å². The Morgan fingerprint density at radius 1 is 0.957 bits per heavy atom. The molecule has 9 heteroatoms. The van der Waals surface area contributed by atoms with Crippen LogP contribution >= 0.6 is 11.8 Å². The van der Waals surface area contributed by atoms with Gasteiger partial charge < -0.3 is 15.0 Å². The molecule has 5 rings (SSSR count). The monoisotopic (exact) mass is 648 g/mol. The molecule has 0 radical (unpaired) electrons. The zero-order valence-electron chi connectivity index (χ0n) is 27.2. The Balaban J connectivity index is 1.40. The molecule has 3 aromatic carbocycles. The average molecular weight is 649 g/mol. The molecule has 2 N–H and O–H groups in total. The van der Waals surface area contributed by atoms with Gasteiger partial charge in [0, 0.05) is 48.3 Å². The van der Waals surface area contributed by atoms with Crippen molar-refractivity contribution in [1.29, 1.82) is 0 Å². The van der Waals surface area contributed by atoms with Gasteiger partial charge in [0.1, 0.15) is 5.82 Å². The Labute approximate surface area is 279 Å². The van der Waals surface area contributed by atoms with Crippen molar-refractivity contribution >= 4 is 39.8 Å². The van der Waals surface area contributed by atoms with Crippen molar-refractivity contribution in [3.05, 3.63) is 119 Å². The van der Waals surface area contributed by atoms with Gasteiger partial charge in [-0.2, -0.15) is 0 Å². The largest absolute Gasteiger partial charge is 0.478 e. The Bertz CT molecular complexity index is 1880. The number of benzene rings is 3. The lowest BCUT2D eigenvalue weighted by molar-refractivity contribution is 0.0697. The zero-order chi connectivity index (χ0) is 33.5. The van der Waals surface area contributed by atoms with Crippen LogP contribution in [0.15, 0.2) is 85.2 Å². The molecular weight excluding hydrogens is 609 g/mol. The Morgan fingerprint density at radius 2 is 1.68 bits per heavy atom. The van der Waals surface area contributed by atoms with Crippen LogP contribution in [-0.2, 0) is 13.0 Å². The molecule has 8 nitrogen and oxygen atoms in total. The van der Waals surface area contributed by atoms with Crippen molar-refractivity contribution in [2.75, 3.05) is 5.75 Å². The third-order valence-electron chi connectivity index (χ3n) is 8.05. The molecule has 2 heterocycles. The van der Waals surface area contributed by atoms with Crippen molar-refractivity contribution in [3.63, 3.8) is 0 Å². The molecular formula is C38H40N4O4S. The van der Waals surface area contributed by atoms with Gasteiger partial charge in [-0.1, -0.05) is 75.0 Å². The number of aromatic nitrogens is 3. The predicted octanol–water partition coefficient (Wildman–Crippen LogP) is 7.82. The van der Waals surface area contributed by atoms with E-state index in [1.807, 2.05) is 55.5 Å². The molecule has 0 aliphatic heterocycles. The number of carboxylic acid groups (broad SMARTS) is 1. The summed E-state index contributed by atoms with van der Waals surface area (Å²) in [6.07, 6.45) is 5.67. The number of hydrogen-bond donors (Lipinski definition) is 2. The molecule has 1 unspecified atom stereocenters. The number of nitrogens with one attached hydrogen (secondary N) is 1. The number of pyridine rings is 1. The molecule has 0 fully saturated rings. The summed E-state index contributed by atoms with van der Waals surface area (Å²) in [4.78, 5) is 47.2. The van der Waals surface area contributed by atoms with E-state index in [1.165, 1.54) is 11.8 Å². The number of aromatic carboxylic acids is 1. The minimum Gasteiger partial charge on any atom is -0.478 e. The van der Waals surface area contributed by atoms with Crippen LogP contribution in [0.25, 0.3) is 22.2 Å². The Morgan fingerprint density at radius 3 is 2.36 bits per heavy atom. The fourth-order valence-corrected chi connectivity index (χ4v) is 6.68. The maximum Gasteiger partial charge on any atom is 0.336 e. The molecule has 242 valence electrons. The van der Waals surface area contributed by atoms with Crippen LogP contribution in [0.1, 0.15) is 81.6 Å². The van der Waals surface area contributed by atoms with Gasteiger partial charge in [0.2, 0.25) is 5.12 Å². The van der Waals surface area contributed by atoms with Gasteiger partial charge in [-0.25, -0.2) is 9.78 Å². The highest BCUT2D eigenvalue weighted by Gasteiger charge is 2.21. The summed E-state index contributed by atoms with van der Waals surface area (Å²) in [5.41, 5.74) is 6.65. The van der Waals surface area contributed by atoms with E-state index in [-0.39, 0.29) is 22.6 Å². The second-order valence-corrected chi connectivity index (χ2v) is 13.2. The number of hydrogen-bond acceptors (Lipinski definition) is 6. The van der Waals surface area contributed by atoms with Gasteiger partial charge in [0.15, 0.2) is 0 Å². The first-order valence-electron chi connectivity index (χ1n) is 15.9. The molecule has 0 aliphatic carbocycles. The fourth-order valence-electron chi connectivity index (χ4n) is 5.81. The molecule has 0 bridgehead atoms. The number of imidazole rings is 1. The third kappa shape index (κ3) is 8.16. The summed E-state index contributed by atoms with van der Waals surface area (Å²) >= 11 is 1.21. The highest BCUT2D eigenvalue weighted by molar-refractivity contribution is 8.14. The van der Waals surface area contributed by atoms with Crippen molar-refractivity contribution in [3.8, 4) is 11.1 Å². The maximum atomic E-state index is 13.7. The van der Waals surface area contributed by atoms with E-state index < -0.39 is 5.97 Å². The molecule has 0 aliphatic rings. The maximum absolute atomic E-state index is 13.7. The quantitative estimate of drug-likeness (QED) is 0.134. The molecule has 1 atom stereocenters. The highest BCUT2D eigenvalue weighted by Crippen LogP contribution is 2.27. The standard InChI is InChI=1S/C38H40N4O4S/c1-5-8-34-41-35-25(4)20-29(36(43)40-30(19-24(2)3)23-47-38(46)28-15-17-39-18-16-28)21-33(35)42(34)22-26-11-13-27(14-12-26)31-9-6-7-10-32(31)37(44)45/h6-7,9-18,20-21,24,30H,5,8,19,22-23H2,1-4H3,(H,40,43)(H,44,45). The first-order chi connectivity index (χ1) is 22.6. The van der Waals surface area contributed by atoms with E-state index in [2.05, 4.69) is 35.6 Å². The van der Waals surface area contributed by atoms with Gasteiger partial charge in [0.05, 0.1) is 16.6 Å². The molecule has 0 saturated heterocycles. The van der Waals surface area contributed by atoms with E-state index in [0.29, 0.717) is 34.9 Å². The molecule has 47 heavy (non-hydrogen) atoms. The number of amides is 1. The summed E-state index contributed by atoms with van der Waals surface area (Å²) in [6.45, 7) is 8.87. The minimum atomic E-state index is -0.957. The van der Waals surface area contributed by atoms with Crippen LogP contribution in [0.4, 0.5) is 0 Å². The summed E-state index contributed by atoms with van der Waals surface area (Å²) in [7, 11) is 0. The van der Waals surface area contributed by atoms with Crippen LogP contribution in [0.5, 0.6) is 0 Å². The van der Waals surface area contributed by atoms with E-state index in [4.69, 9.17) is 4.98 Å². The lowest BCUT2D eigenvalue weighted by Gasteiger charge is -2.20. The normalized spacial score (nSPS) is 11.9. The minimum absolute atomic E-state index is 0.0425. The van der Waals surface area contributed by atoms with E-state index in [9.17, 15) is 19.5 Å². The van der Waals surface area contributed by atoms with Crippen LogP contribution in [0.3, 0.4) is 0 Å². The summed E-state index contributed by atoms with van der Waals surface area (Å²) in [5.74, 6) is 0.624. The van der Waals surface area contributed by atoms with Gasteiger partial charge in [-0.3, -0.25) is 14.6 Å². The molecule has 5 aromatic rings. The van der Waals surface area contributed by atoms with Gasteiger partial charge in [0.25, 0.3) is 5.91 Å². The van der Waals surface area contributed by atoms with E-state index in [1.54, 1.807) is 36.7 Å². The summed E-state index contributed by atoms with van der Waals surface area (Å²) in [5, 5.41) is 12.8. The topological polar surface area (TPSA) is 114 Å². The van der Waals surface area contributed by atoms with Crippen molar-refractivity contribution in [2.24, 2.45) is 5.92 Å². The average Bonchev–Trinajstić information content (AvgIpc) is 3.41. The van der Waals surface area contributed by atoms with Gasteiger partial charge in [-0.15, -0.1) is 0 Å². The second-order valence-electron chi connectivity index (χ2n) is 12.2. The van der Waals surface area contributed by atoms with Crippen LogP contribution in [0.2, 0.25) is 0 Å². The number of thioether (sulfide) groups is 1. The number of rotatable bonds is 13. The number of carbonyl (C=O) groups is 3. The van der Waals surface area contributed by atoms with Crippen LogP contribution < -0.4 is 5.32 Å². The number of fused-ring (bicyclic) bond motifs is 1. The smallest absolute Gasteiger partial charge is 0.336 e. The lowest BCUT2D eigenvalue weighted by Crippen LogP contribution is -2.38. The first-order valence-corrected chi connectivity index (χ1v) is 16.9. The molecule has 1 amide bonds. The number of aryl methyl sites for hydroxylation is 2. The molecule has 2 aromatic heterocycles. The summed E-state index contributed by atoms with van der Waals surface area (Å²) < 4.78 is 2.18. The van der Waals surface area contributed by atoms with Crippen LogP contribution in [0, 0.1) is 12.8 Å². The third-order valence-corrected chi connectivity index (χ3v) is 9.11. The first kappa shape index (κ1) is 33.6. The molecule has 0 spiro atoms. The fraction of sp³-hybridized carbons (Fsp3) is 0.289. The SMILES string of the molecule is CCCc1nc2c(C)cc(C(=O)NC(CSC(=O)c3ccncc3)CC(C)C)cc2n1Cc1ccc(-c2ccccc2C(=O)O)cc1. The van der Waals surface area contributed by atoms with Crippen molar-refractivity contribution < 1.29 is 19.5 Å². The second kappa shape index (κ2) is 15.2. The van der Waals surface area contributed by atoms with Gasteiger partial charge in [-0.05, 0) is 78.3 Å². The van der Waals surface area contributed by atoms with E-state index in [0.717, 1.165) is 52.8 Å². The number of nitrogens with zero attached hydrogens (tertiary/aromatic N) is 3. The summed E-state index contributed by atoms with van der Waals surface area (Å²) in [6, 6.07) is 22.0. The van der Waals surface area contributed by atoms with E-state index >= 15 is 0 Å².